The topological polar surface area (TPSA) is 72.2 Å². The molecule has 0 spiro atoms. The lowest BCUT2D eigenvalue weighted by molar-refractivity contribution is 0.600. The molecule has 0 radical (unpaired) electrons. The van der Waals surface area contributed by atoms with Gasteiger partial charge in [0.2, 0.25) is 10.0 Å². The Balaban J connectivity index is 2.12. The van der Waals surface area contributed by atoms with Crippen molar-refractivity contribution in [1.29, 1.82) is 0 Å². The molecule has 0 saturated heterocycles. The van der Waals surface area contributed by atoms with Crippen LogP contribution in [0, 0.1) is 0 Å². The molecule has 20 heavy (non-hydrogen) atoms. The van der Waals surface area contributed by atoms with Gasteiger partial charge in [-0.05, 0) is 41.8 Å². The van der Waals surface area contributed by atoms with Crippen molar-refractivity contribution in [3.8, 4) is 0 Å². The van der Waals surface area contributed by atoms with Crippen LogP contribution >= 0.6 is 0 Å². The van der Waals surface area contributed by atoms with Crippen LogP contribution in [0.1, 0.15) is 18.1 Å². The first-order valence-corrected chi connectivity index (χ1v) is 8.07. The Morgan fingerprint density at radius 2 is 1.75 bits per heavy atom. The van der Waals surface area contributed by atoms with E-state index in [4.69, 9.17) is 5.73 Å². The molecule has 4 nitrogen and oxygen atoms in total. The molecular formula is C15H18N2O2S. The number of hydrogen-bond donors (Lipinski definition) is 2. The molecule has 0 aliphatic heterocycles. The molecule has 2 aromatic carbocycles. The zero-order valence-corrected chi connectivity index (χ0v) is 12.2. The smallest absolute Gasteiger partial charge is 0.236 e. The van der Waals surface area contributed by atoms with Crippen LogP contribution in [-0.2, 0) is 22.2 Å². The summed E-state index contributed by atoms with van der Waals surface area (Å²) in [5.41, 5.74) is 8.60. The third kappa shape index (κ3) is 3.99. The van der Waals surface area contributed by atoms with Gasteiger partial charge in [0, 0.05) is 11.4 Å². The second-order valence-electron chi connectivity index (χ2n) is 4.66. The highest BCUT2D eigenvalue weighted by molar-refractivity contribution is 7.91. The first kappa shape index (κ1) is 14.4. The monoisotopic (exact) mass is 290 g/mol. The average Bonchev–Trinajstić information content (AvgIpc) is 2.41. The summed E-state index contributed by atoms with van der Waals surface area (Å²) in [6.07, 6.45) is 0.869. The number of nitrogens with one attached hydrogen (secondary N) is 1. The summed E-state index contributed by atoms with van der Waals surface area (Å²) < 4.78 is 26.8. The SMILES string of the molecule is CCc1cccc(NS(=O)(=O)Cc2ccc(N)cc2)c1. The minimum atomic E-state index is -3.42. The number of anilines is 2. The van der Waals surface area contributed by atoms with Gasteiger partial charge in [-0.3, -0.25) is 4.72 Å². The van der Waals surface area contributed by atoms with Crippen molar-refractivity contribution < 1.29 is 8.42 Å². The molecule has 0 atom stereocenters. The molecule has 0 aromatic heterocycles. The fourth-order valence-corrected chi connectivity index (χ4v) is 3.09. The van der Waals surface area contributed by atoms with Gasteiger partial charge >= 0.3 is 0 Å². The Hall–Kier alpha value is -2.01. The van der Waals surface area contributed by atoms with E-state index in [1.54, 1.807) is 30.3 Å². The maximum atomic E-state index is 12.1. The number of nitrogens with two attached hydrogens (primary N) is 1. The minimum absolute atomic E-state index is 0.0658. The van der Waals surface area contributed by atoms with Crippen molar-refractivity contribution in [2.75, 3.05) is 10.5 Å². The van der Waals surface area contributed by atoms with E-state index in [0.29, 0.717) is 16.9 Å². The van der Waals surface area contributed by atoms with E-state index in [1.807, 2.05) is 25.1 Å². The first-order chi connectivity index (χ1) is 9.48. The summed E-state index contributed by atoms with van der Waals surface area (Å²) in [7, 11) is -3.42. The van der Waals surface area contributed by atoms with Gasteiger partial charge in [-0.15, -0.1) is 0 Å². The summed E-state index contributed by atoms with van der Waals surface area (Å²) in [5.74, 6) is -0.0658. The number of aryl methyl sites for hydroxylation is 1. The highest BCUT2D eigenvalue weighted by atomic mass is 32.2. The fraction of sp³-hybridized carbons (Fsp3) is 0.200. The highest BCUT2D eigenvalue weighted by Gasteiger charge is 2.11. The Morgan fingerprint density at radius 3 is 2.40 bits per heavy atom. The van der Waals surface area contributed by atoms with Crippen LogP contribution in [0.4, 0.5) is 11.4 Å². The summed E-state index contributed by atoms with van der Waals surface area (Å²) in [5, 5.41) is 0. The predicted octanol–water partition coefficient (Wildman–Crippen LogP) is 2.77. The van der Waals surface area contributed by atoms with Crippen LogP contribution in [0.3, 0.4) is 0 Å². The van der Waals surface area contributed by atoms with Crippen LogP contribution < -0.4 is 10.5 Å². The molecular weight excluding hydrogens is 272 g/mol. The lowest BCUT2D eigenvalue weighted by atomic mass is 10.1. The molecule has 0 fully saturated rings. The third-order valence-electron chi connectivity index (χ3n) is 2.94. The number of nitrogen functional groups attached to an aromatic ring is 1. The fourth-order valence-electron chi connectivity index (χ4n) is 1.90. The lowest BCUT2D eigenvalue weighted by Crippen LogP contribution is -2.15. The third-order valence-corrected chi connectivity index (χ3v) is 4.21. The zero-order chi connectivity index (χ0) is 14.6. The van der Waals surface area contributed by atoms with Gasteiger partial charge in [0.25, 0.3) is 0 Å². The number of sulfonamides is 1. The molecule has 0 aliphatic rings. The largest absolute Gasteiger partial charge is 0.399 e. The van der Waals surface area contributed by atoms with Gasteiger partial charge in [0.15, 0.2) is 0 Å². The van der Waals surface area contributed by atoms with Gasteiger partial charge in [-0.1, -0.05) is 31.2 Å². The first-order valence-electron chi connectivity index (χ1n) is 6.42. The van der Waals surface area contributed by atoms with Crippen molar-refractivity contribution in [2.24, 2.45) is 0 Å². The summed E-state index contributed by atoms with van der Waals surface area (Å²) in [6, 6.07) is 14.2. The molecule has 0 amide bonds. The molecule has 3 N–H and O–H groups in total. The average molecular weight is 290 g/mol. The van der Waals surface area contributed by atoms with E-state index in [9.17, 15) is 8.42 Å². The van der Waals surface area contributed by atoms with Crippen LogP contribution in [-0.4, -0.2) is 8.42 Å². The summed E-state index contributed by atoms with van der Waals surface area (Å²) >= 11 is 0. The van der Waals surface area contributed by atoms with Gasteiger partial charge in [0.05, 0.1) is 5.75 Å². The van der Waals surface area contributed by atoms with Crippen LogP contribution in [0.5, 0.6) is 0 Å². The van der Waals surface area contributed by atoms with Crippen molar-refractivity contribution in [3.05, 3.63) is 59.7 Å². The molecule has 5 heteroatoms. The van der Waals surface area contributed by atoms with E-state index >= 15 is 0 Å². The zero-order valence-electron chi connectivity index (χ0n) is 11.3. The van der Waals surface area contributed by atoms with Gasteiger partial charge in [-0.25, -0.2) is 8.42 Å². The van der Waals surface area contributed by atoms with Crippen molar-refractivity contribution in [2.45, 2.75) is 19.1 Å². The number of rotatable bonds is 5. The van der Waals surface area contributed by atoms with E-state index in [0.717, 1.165) is 12.0 Å². The van der Waals surface area contributed by atoms with Crippen molar-refractivity contribution in [3.63, 3.8) is 0 Å². The maximum Gasteiger partial charge on any atom is 0.236 e. The number of benzene rings is 2. The number of hydrogen-bond acceptors (Lipinski definition) is 3. The lowest BCUT2D eigenvalue weighted by Gasteiger charge is -2.09. The Labute approximate surface area is 119 Å². The normalized spacial score (nSPS) is 11.2. The van der Waals surface area contributed by atoms with Gasteiger partial charge in [-0.2, -0.15) is 0 Å². The van der Waals surface area contributed by atoms with Gasteiger partial charge in [0.1, 0.15) is 0 Å². The van der Waals surface area contributed by atoms with E-state index < -0.39 is 10.0 Å². The highest BCUT2D eigenvalue weighted by Crippen LogP contribution is 2.15. The second kappa shape index (κ2) is 5.96. The van der Waals surface area contributed by atoms with E-state index in [-0.39, 0.29) is 5.75 Å². The van der Waals surface area contributed by atoms with E-state index in [1.165, 1.54) is 0 Å². The summed E-state index contributed by atoms with van der Waals surface area (Å²) in [6.45, 7) is 2.03. The van der Waals surface area contributed by atoms with Crippen LogP contribution in [0.15, 0.2) is 48.5 Å². The molecule has 0 aliphatic carbocycles. The molecule has 106 valence electrons. The summed E-state index contributed by atoms with van der Waals surface area (Å²) in [4.78, 5) is 0. The van der Waals surface area contributed by atoms with Crippen molar-refractivity contribution in [1.82, 2.24) is 0 Å². The quantitative estimate of drug-likeness (QED) is 0.832. The Bertz CT molecular complexity index is 679. The Kier molecular flexibility index (Phi) is 4.29. The molecule has 0 unspecified atom stereocenters. The van der Waals surface area contributed by atoms with Crippen LogP contribution in [0.2, 0.25) is 0 Å². The molecule has 2 rings (SSSR count). The molecule has 2 aromatic rings. The predicted molar refractivity (Wildman–Crippen MR) is 82.9 cm³/mol. The van der Waals surface area contributed by atoms with Crippen LogP contribution in [0.25, 0.3) is 0 Å². The molecule has 0 heterocycles. The Morgan fingerprint density at radius 1 is 1.05 bits per heavy atom. The standard InChI is InChI=1S/C15H18N2O2S/c1-2-12-4-3-5-15(10-12)17-20(18,19)11-13-6-8-14(16)9-7-13/h3-10,17H,2,11,16H2,1H3. The van der Waals surface area contributed by atoms with Gasteiger partial charge < -0.3 is 5.73 Å². The maximum absolute atomic E-state index is 12.1. The van der Waals surface area contributed by atoms with Crippen molar-refractivity contribution >= 4 is 21.4 Å². The minimum Gasteiger partial charge on any atom is -0.399 e. The van der Waals surface area contributed by atoms with E-state index in [2.05, 4.69) is 4.72 Å². The molecule has 0 bridgehead atoms. The molecule has 0 saturated carbocycles. The second-order valence-corrected chi connectivity index (χ2v) is 6.38.